The van der Waals surface area contributed by atoms with E-state index in [0.717, 1.165) is 37.8 Å². The Morgan fingerprint density at radius 3 is 3.25 bits per heavy atom. The smallest absolute Gasteiger partial charge is 0.222 e. The summed E-state index contributed by atoms with van der Waals surface area (Å²) in [5.41, 5.74) is 0.948. The van der Waals surface area contributed by atoms with Gasteiger partial charge >= 0.3 is 0 Å². The van der Waals surface area contributed by atoms with Crippen molar-refractivity contribution >= 4 is 11.6 Å². The maximum Gasteiger partial charge on any atom is 0.222 e. The summed E-state index contributed by atoms with van der Waals surface area (Å²) in [5, 5.41) is 7.13. The number of hydrogen-bond acceptors (Lipinski definition) is 4. The van der Waals surface area contributed by atoms with E-state index in [0.29, 0.717) is 5.28 Å². The summed E-state index contributed by atoms with van der Waals surface area (Å²) in [5.74, 6) is 0.742. The molecule has 0 saturated carbocycles. The van der Waals surface area contributed by atoms with Crippen molar-refractivity contribution in [2.45, 2.75) is 19.4 Å². The molecule has 4 nitrogen and oxygen atoms in total. The molecular formula is C11H17ClN4. The first-order chi connectivity index (χ1) is 7.84. The van der Waals surface area contributed by atoms with Gasteiger partial charge in [0.25, 0.3) is 0 Å². The van der Waals surface area contributed by atoms with Crippen LogP contribution in [0.2, 0.25) is 5.28 Å². The molecule has 2 rings (SSSR count). The van der Waals surface area contributed by atoms with E-state index >= 15 is 0 Å². The van der Waals surface area contributed by atoms with Crippen LogP contribution in [0.1, 0.15) is 18.5 Å². The maximum absolute atomic E-state index is 5.71. The van der Waals surface area contributed by atoms with Gasteiger partial charge in [-0.2, -0.15) is 0 Å². The van der Waals surface area contributed by atoms with E-state index in [2.05, 4.69) is 20.6 Å². The van der Waals surface area contributed by atoms with Crippen molar-refractivity contribution in [3.8, 4) is 0 Å². The van der Waals surface area contributed by atoms with Crippen LogP contribution in [0.4, 0.5) is 0 Å². The predicted molar refractivity (Wildman–Crippen MR) is 64.3 cm³/mol. The molecule has 2 N–H and O–H groups in total. The summed E-state index contributed by atoms with van der Waals surface area (Å²) in [6, 6.07) is 1.89. The van der Waals surface area contributed by atoms with Crippen LogP contribution in [0.5, 0.6) is 0 Å². The van der Waals surface area contributed by atoms with E-state index in [1.807, 2.05) is 6.07 Å². The monoisotopic (exact) mass is 240 g/mol. The highest BCUT2D eigenvalue weighted by Gasteiger charge is 2.11. The third-order valence-corrected chi connectivity index (χ3v) is 3.00. The highest BCUT2D eigenvalue weighted by Crippen LogP contribution is 2.08. The molecule has 16 heavy (non-hydrogen) atoms. The number of piperidine rings is 1. The van der Waals surface area contributed by atoms with Crippen molar-refractivity contribution in [3.05, 3.63) is 23.2 Å². The molecule has 1 aromatic heterocycles. The van der Waals surface area contributed by atoms with Crippen LogP contribution >= 0.6 is 11.6 Å². The van der Waals surface area contributed by atoms with Crippen molar-refractivity contribution in [3.63, 3.8) is 0 Å². The summed E-state index contributed by atoms with van der Waals surface area (Å²) < 4.78 is 0. The summed E-state index contributed by atoms with van der Waals surface area (Å²) in [6.07, 6.45) is 4.28. The molecule has 1 aliphatic heterocycles. The molecule has 0 unspecified atom stereocenters. The third kappa shape index (κ3) is 3.70. The second-order valence-corrected chi connectivity index (χ2v) is 4.50. The lowest BCUT2D eigenvalue weighted by Gasteiger charge is -2.22. The Hall–Kier alpha value is -0.710. The SMILES string of the molecule is Clc1nccc(CNC[C@@H]2CCCNC2)n1. The quantitative estimate of drug-likeness (QED) is 0.777. The Labute approximate surface area is 101 Å². The van der Waals surface area contributed by atoms with Crippen molar-refractivity contribution in [2.24, 2.45) is 5.92 Å². The van der Waals surface area contributed by atoms with Crippen LogP contribution < -0.4 is 10.6 Å². The Balaban J connectivity index is 1.71. The minimum absolute atomic E-state index is 0.318. The van der Waals surface area contributed by atoms with E-state index in [9.17, 15) is 0 Å². The molecule has 0 aromatic carbocycles. The number of aromatic nitrogens is 2. The lowest BCUT2D eigenvalue weighted by Crippen LogP contribution is -2.35. The largest absolute Gasteiger partial charge is 0.316 e. The van der Waals surface area contributed by atoms with Gasteiger partial charge in [-0.1, -0.05) is 0 Å². The lowest BCUT2D eigenvalue weighted by atomic mass is 10.00. The van der Waals surface area contributed by atoms with Gasteiger partial charge < -0.3 is 10.6 Å². The fourth-order valence-corrected chi connectivity index (χ4v) is 2.14. The Kier molecular flexibility index (Phi) is 4.51. The first-order valence-corrected chi connectivity index (χ1v) is 6.11. The van der Waals surface area contributed by atoms with E-state index in [1.54, 1.807) is 6.20 Å². The van der Waals surface area contributed by atoms with Crippen molar-refractivity contribution in [1.29, 1.82) is 0 Å². The third-order valence-electron chi connectivity index (χ3n) is 2.82. The normalized spacial score (nSPS) is 20.9. The molecule has 0 spiro atoms. The molecule has 1 aliphatic rings. The minimum atomic E-state index is 0.318. The molecule has 1 aromatic rings. The average Bonchev–Trinajstić information content (AvgIpc) is 2.30. The Bertz CT molecular complexity index is 326. The second-order valence-electron chi connectivity index (χ2n) is 4.16. The summed E-state index contributed by atoms with van der Waals surface area (Å²) in [7, 11) is 0. The summed E-state index contributed by atoms with van der Waals surface area (Å²) >= 11 is 5.71. The van der Waals surface area contributed by atoms with Gasteiger partial charge in [-0.05, 0) is 56.1 Å². The molecule has 0 amide bonds. The van der Waals surface area contributed by atoms with Crippen molar-refractivity contribution in [2.75, 3.05) is 19.6 Å². The van der Waals surface area contributed by atoms with Crippen LogP contribution in [0, 0.1) is 5.92 Å². The summed E-state index contributed by atoms with van der Waals surface area (Å²) in [4.78, 5) is 7.99. The molecule has 88 valence electrons. The number of rotatable bonds is 4. The van der Waals surface area contributed by atoms with E-state index in [-0.39, 0.29) is 0 Å². The summed E-state index contributed by atoms with van der Waals surface area (Å²) in [6.45, 7) is 4.09. The van der Waals surface area contributed by atoms with Gasteiger partial charge in [-0.3, -0.25) is 0 Å². The highest BCUT2D eigenvalue weighted by molar-refractivity contribution is 6.28. The van der Waals surface area contributed by atoms with Gasteiger partial charge in [-0.15, -0.1) is 0 Å². The standard InChI is InChI=1S/C11H17ClN4/c12-11-15-5-3-10(16-11)8-14-7-9-2-1-4-13-6-9/h3,5,9,13-14H,1-2,4,6-8H2/t9-/m1/s1. The van der Waals surface area contributed by atoms with E-state index < -0.39 is 0 Å². The molecular weight excluding hydrogens is 224 g/mol. The predicted octanol–water partition coefficient (Wildman–Crippen LogP) is 1.22. The second kappa shape index (κ2) is 6.13. The van der Waals surface area contributed by atoms with Gasteiger partial charge in [0, 0.05) is 12.7 Å². The van der Waals surface area contributed by atoms with Gasteiger partial charge in [-0.25, -0.2) is 9.97 Å². The molecule has 1 fully saturated rings. The molecule has 0 aliphatic carbocycles. The van der Waals surface area contributed by atoms with Crippen molar-refractivity contribution < 1.29 is 0 Å². The van der Waals surface area contributed by atoms with Gasteiger partial charge in [0.1, 0.15) is 0 Å². The first-order valence-electron chi connectivity index (χ1n) is 5.73. The average molecular weight is 241 g/mol. The molecule has 1 atom stereocenters. The molecule has 1 saturated heterocycles. The van der Waals surface area contributed by atoms with Crippen LogP contribution in [0.3, 0.4) is 0 Å². The number of hydrogen-bond donors (Lipinski definition) is 2. The molecule has 2 heterocycles. The fourth-order valence-electron chi connectivity index (χ4n) is 1.97. The number of nitrogens with zero attached hydrogens (tertiary/aromatic N) is 2. The zero-order valence-electron chi connectivity index (χ0n) is 9.25. The Morgan fingerprint density at radius 2 is 2.50 bits per heavy atom. The molecule has 5 heteroatoms. The first kappa shape index (κ1) is 11.8. The number of halogens is 1. The lowest BCUT2D eigenvalue weighted by molar-refractivity contribution is 0.359. The minimum Gasteiger partial charge on any atom is -0.316 e. The fraction of sp³-hybridized carbons (Fsp3) is 0.636. The van der Waals surface area contributed by atoms with E-state index in [4.69, 9.17) is 11.6 Å². The van der Waals surface area contributed by atoms with Crippen LogP contribution in [-0.4, -0.2) is 29.6 Å². The molecule has 0 bridgehead atoms. The van der Waals surface area contributed by atoms with Gasteiger partial charge in [0.2, 0.25) is 5.28 Å². The van der Waals surface area contributed by atoms with Crippen LogP contribution in [0.15, 0.2) is 12.3 Å². The number of nitrogens with one attached hydrogen (secondary N) is 2. The highest BCUT2D eigenvalue weighted by atomic mass is 35.5. The van der Waals surface area contributed by atoms with Crippen LogP contribution in [0.25, 0.3) is 0 Å². The van der Waals surface area contributed by atoms with Crippen LogP contribution in [-0.2, 0) is 6.54 Å². The molecule has 0 radical (unpaired) electrons. The zero-order chi connectivity index (χ0) is 11.2. The zero-order valence-corrected chi connectivity index (χ0v) is 10.0. The van der Waals surface area contributed by atoms with Gasteiger partial charge in [0.15, 0.2) is 0 Å². The van der Waals surface area contributed by atoms with Gasteiger partial charge in [0.05, 0.1) is 5.69 Å². The maximum atomic E-state index is 5.71. The van der Waals surface area contributed by atoms with E-state index in [1.165, 1.54) is 12.8 Å². The topological polar surface area (TPSA) is 49.8 Å². The Morgan fingerprint density at radius 1 is 1.56 bits per heavy atom. The van der Waals surface area contributed by atoms with Crippen molar-refractivity contribution in [1.82, 2.24) is 20.6 Å².